The Balaban J connectivity index is 1.77. The fourth-order valence-corrected chi connectivity index (χ4v) is 5.60. The second-order valence-electron chi connectivity index (χ2n) is 5.70. The van der Waals surface area contributed by atoms with Crippen LogP contribution in [0.15, 0.2) is 34.0 Å². The van der Waals surface area contributed by atoms with E-state index in [2.05, 4.69) is 4.98 Å². The lowest BCUT2D eigenvalue weighted by Gasteiger charge is -2.23. The van der Waals surface area contributed by atoms with E-state index < -0.39 is 21.8 Å². The smallest absolute Gasteiger partial charge is 0.354 e. The monoisotopic (exact) mass is 425 g/mol. The maximum absolute atomic E-state index is 12.7. The summed E-state index contributed by atoms with van der Waals surface area (Å²) in [6.07, 6.45) is -3.25. The third-order valence-electron chi connectivity index (χ3n) is 3.99. The van der Waals surface area contributed by atoms with E-state index >= 15 is 0 Å². The van der Waals surface area contributed by atoms with Crippen LogP contribution in [0.4, 0.5) is 19.0 Å². The topological polar surface area (TPSA) is 53.5 Å². The lowest BCUT2D eigenvalue weighted by molar-refractivity contribution is -0.137. The molecule has 0 aliphatic carbocycles. The zero-order valence-corrected chi connectivity index (χ0v) is 15.8. The molecule has 0 atom stereocenters. The van der Waals surface area contributed by atoms with Crippen LogP contribution >= 0.6 is 22.9 Å². The molecule has 11 heteroatoms. The van der Waals surface area contributed by atoms with Crippen LogP contribution in [0, 0.1) is 0 Å². The summed E-state index contributed by atoms with van der Waals surface area (Å²) in [5.74, 6) is 0.232. The van der Waals surface area contributed by atoms with Gasteiger partial charge in [0.05, 0.1) is 10.6 Å². The zero-order chi connectivity index (χ0) is 18.9. The molecule has 2 aromatic rings. The van der Waals surface area contributed by atoms with E-state index in [9.17, 15) is 21.6 Å². The molecule has 142 valence electrons. The van der Waals surface area contributed by atoms with E-state index in [-0.39, 0.29) is 21.6 Å². The highest BCUT2D eigenvalue weighted by Crippen LogP contribution is 2.34. The van der Waals surface area contributed by atoms with Crippen LogP contribution in [0.2, 0.25) is 5.02 Å². The van der Waals surface area contributed by atoms with Crippen molar-refractivity contribution in [2.75, 3.05) is 31.1 Å². The molecule has 3 heterocycles. The van der Waals surface area contributed by atoms with Crippen molar-refractivity contribution < 1.29 is 21.6 Å². The van der Waals surface area contributed by atoms with Gasteiger partial charge in [0, 0.05) is 32.4 Å². The third kappa shape index (κ3) is 3.98. The van der Waals surface area contributed by atoms with Crippen LogP contribution in [0.5, 0.6) is 0 Å². The average molecular weight is 426 g/mol. The summed E-state index contributed by atoms with van der Waals surface area (Å²) in [7, 11) is -3.56. The third-order valence-corrected chi connectivity index (χ3v) is 7.54. The average Bonchev–Trinajstić information content (AvgIpc) is 3.00. The molecule has 5 nitrogen and oxygen atoms in total. The predicted octanol–water partition coefficient (Wildman–Crippen LogP) is 3.72. The highest BCUT2D eigenvalue weighted by Gasteiger charge is 2.33. The zero-order valence-electron chi connectivity index (χ0n) is 13.4. The molecule has 0 aromatic carbocycles. The molecule has 1 saturated heterocycles. The summed E-state index contributed by atoms with van der Waals surface area (Å²) < 4.78 is 65.1. The van der Waals surface area contributed by atoms with Gasteiger partial charge in [-0.1, -0.05) is 17.7 Å². The molecule has 0 N–H and O–H groups in total. The van der Waals surface area contributed by atoms with Crippen LogP contribution in [-0.4, -0.2) is 43.9 Å². The summed E-state index contributed by atoms with van der Waals surface area (Å²) in [5.41, 5.74) is -0.914. The standard InChI is InChI=1S/C15H15ClF3N3O2S2/c16-12-9-11(15(17,18)19)10-20-14(12)21-4-2-5-22(7-6-21)26(23,24)13-3-1-8-25-13/h1,3,8-10H,2,4-7H2. The van der Waals surface area contributed by atoms with Crippen molar-refractivity contribution in [3.63, 3.8) is 0 Å². The molecule has 26 heavy (non-hydrogen) atoms. The van der Waals surface area contributed by atoms with Crippen molar-refractivity contribution >= 4 is 38.8 Å². The normalized spacial score (nSPS) is 17.3. The summed E-state index contributed by atoms with van der Waals surface area (Å²) in [4.78, 5) is 5.57. The SMILES string of the molecule is O=S(=O)(c1cccs1)N1CCCN(c2ncc(C(F)(F)F)cc2Cl)CC1. The Kier molecular flexibility index (Phi) is 5.48. The van der Waals surface area contributed by atoms with Gasteiger partial charge in [-0.05, 0) is 23.9 Å². The van der Waals surface area contributed by atoms with Gasteiger partial charge in [0.15, 0.2) is 0 Å². The highest BCUT2D eigenvalue weighted by molar-refractivity contribution is 7.91. The number of hydrogen-bond donors (Lipinski definition) is 0. The molecule has 2 aromatic heterocycles. The van der Waals surface area contributed by atoms with Crippen molar-refractivity contribution in [1.82, 2.24) is 9.29 Å². The number of alkyl halides is 3. The van der Waals surface area contributed by atoms with Gasteiger partial charge in [0.1, 0.15) is 10.0 Å². The number of thiophene rings is 1. The van der Waals surface area contributed by atoms with Crippen molar-refractivity contribution in [3.8, 4) is 0 Å². The minimum atomic E-state index is -4.51. The molecule has 0 amide bonds. The number of nitrogens with zero attached hydrogens (tertiary/aromatic N) is 3. The Bertz CT molecular complexity index is 873. The quantitative estimate of drug-likeness (QED) is 0.752. The number of aromatic nitrogens is 1. The Hall–Kier alpha value is -1.36. The molecular weight excluding hydrogens is 411 g/mol. The molecule has 0 unspecified atom stereocenters. The maximum atomic E-state index is 12.7. The molecule has 1 aliphatic rings. The van der Waals surface area contributed by atoms with E-state index in [1.165, 1.54) is 4.31 Å². The lowest BCUT2D eigenvalue weighted by atomic mass is 10.2. The molecular formula is C15H15ClF3N3O2S2. The summed E-state index contributed by atoms with van der Waals surface area (Å²) >= 11 is 7.15. The minimum Gasteiger partial charge on any atom is -0.354 e. The van der Waals surface area contributed by atoms with E-state index in [0.29, 0.717) is 26.1 Å². The molecule has 1 fully saturated rings. The van der Waals surface area contributed by atoms with Gasteiger partial charge in [0.2, 0.25) is 0 Å². The molecule has 0 spiro atoms. The first-order valence-corrected chi connectivity index (χ1v) is 10.4. The first kappa shape index (κ1) is 19.4. The van der Waals surface area contributed by atoms with E-state index in [0.717, 1.165) is 23.6 Å². The van der Waals surface area contributed by atoms with Gasteiger partial charge in [-0.3, -0.25) is 0 Å². The Morgan fingerprint density at radius 2 is 1.96 bits per heavy atom. The first-order chi connectivity index (χ1) is 12.2. The highest BCUT2D eigenvalue weighted by atomic mass is 35.5. The van der Waals surface area contributed by atoms with Gasteiger partial charge < -0.3 is 4.90 Å². The summed E-state index contributed by atoms with van der Waals surface area (Å²) in [6, 6.07) is 4.07. The number of rotatable bonds is 3. The first-order valence-electron chi connectivity index (χ1n) is 7.71. The Labute approximate surface area is 158 Å². The van der Waals surface area contributed by atoms with Gasteiger partial charge >= 0.3 is 6.18 Å². The largest absolute Gasteiger partial charge is 0.417 e. The molecule has 0 saturated carbocycles. The van der Waals surface area contributed by atoms with Gasteiger partial charge in [-0.25, -0.2) is 13.4 Å². The number of pyridine rings is 1. The minimum absolute atomic E-state index is 0.102. The summed E-state index contributed by atoms with van der Waals surface area (Å²) in [6.45, 7) is 1.28. The summed E-state index contributed by atoms with van der Waals surface area (Å²) in [5, 5.41) is 1.59. The lowest BCUT2D eigenvalue weighted by Crippen LogP contribution is -2.35. The van der Waals surface area contributed by atoms with Gasteiger partial charge in [-0.2, -0.15) is 17.5 Å². The second-order valence-corrected chi connectivity index (χ2v) is 9.22. The molecule has 3 rings (SSSR count). The van der Waals surface area contributed by atoms with Crippen LogP contribution in [0.1, 0.15) is 12.0 Å². The van der Waals surface area contributed by atoms with E-state index in [1.807, 2.05) is 0 Å². The van der Waals surface area contributed by atoms with Gasteiger partial charge in [0.25, 0.3) is 10.0 Å². The number of hydrogen-bond acceptors (Lipinski definition) is 5. The molecule has 0 radical (unpaired) electrons. The fraction of sp³-hybridized carbons (Fsp3) is 0.400. The Morgan fingerprint density at radius 1 is 1.19 bits per heavy atom. The van der Waals surface area contributed by atoms with Gasteiger partial charge in [-0.15, -0.1) is 11.3 Å². The van der Waals surface area contributed by atoms with Crippen molar-refractivity contribution in [3.05, 3.63) is 40.4 Å². The van der Waals surface area contributed by atoms with Crippen LogP contribution in [0.3, 0.4) is 0 Å². The molecule has 1 aliphatic heterocycles. The van der Waals surface area contributed by atoms with Crippen LogP contribution in [-0.2, 0) is 16.2 Å². The maximum Gasteiger partial charge on any atom is 0.417 e. The number of halogens is 4. The number of anilines is 1. The predicted molar refractivity (Wildman–Crippen MR) is 94.2 cm³/mol. The number of sulfonamides is 1. The van der Waals surface area contributed by atoms with Crippen LogP contribution in [0.25, 0.3) is 0 Å². The van der Waals surface area contributed by atoms with E-state index in [1.54, 1.807) is 22.4 Å². The van der Waals surface area contributed by atoms with Crippen molar-refractivity contribution in [2.45, 2.75) is 16.8 Å². The van der Waals surface area contributed by atoms with Crippen molar-refractivity contribution in [1.29, 1.82) is 0 Å². The fourth-order valence-electron chi connectivity index (χ4n) is 2.70. The van der Waals surface area contributed by atoms with Crippen LogP contribution < -0.4 is 4.90 Å². The second kappa shape index (κ2) is 7.34. The van der Waals surface area contributed by atoms with E-state index in [4.69, 9.17) is 11.6 Å². The molecule has 0 bridgehead atoms. The Morgan fingerprint density at radius 3 is 2.58 bits per heavy atom. The van der Waals surface area contributed by atoms with Crippen molar-refractivity contribution in [2.24, 2.45) is 0 Å².